The molecule has 6 heterocycles. The number of aryl methyl sites for hydroxylation is 4. The number of halogens is 1. The molecule has 1 N–H and O–H groups in total. The molecule has 0 radical (unpaired) electrons. The third-order valence-electron chi connectivity index (χ3n) is 7.60. The van der Waals surface area contributed by atoms with Gasteiger partial charge < -0.3 is 18.9 Å². The topological polar surface area (TPSA) is 121 Å². The molecule has 0 amide bonds. The Kier molecular flexibility index (Phi) is 5.75. The van der Waals surface area contributed by atoms with Gasteiger partial charge in [0, 0.05) is 43.8 Å². The largest absolute Gasteiger partial charge is 0.476 e. The van der Waals surface area contributed by atoms with Crippen LogP contribution < -0.4 is 0 Å². The molecule has 0 unspecified atom stereocenters. The zero-order chi connectivity index (χ0) is 26.7. The molecule has 0 aromatic carbocycles. The Labute approximate surface area is 217 Å². The van der Waals surface area contributed by atoms with Gasteiger partial charge in [-0.25, -0.2) is 9.18 Å². The Morgan fingerprint density at radius 1 is 1.16 bits per heavy atom. The van der Waals surface area contributed by atoms with Crippen molar-refractivity contribution in [3.05, 3.63) is 58.7 Å². The van der Waals surface area contributed by atoms with Gasteiger partial charge in [0.25, 0.3) is 0 Å². The first-order chi connectivity index (χ1) is 18.3. The third kappa shape index (κ3) is 3.52. The number of carbonyl (C=O) groups is 1. The highest BCUT2D eigenvalue weighted by atomic mass is 19.1. The Morgan fingerprint density at radius 2 is 1.92 bits per heavy atom. The van der Waals surface area contributed by atoms with Crippen molar-refractivity contribution in [2.45, 2.75) is 39.7 Å². The summed E-state index contributed by atoms with van der Waals surface area (Å²) in [6.07, 6.45) is 4.66. The lowest BCUT2D eigenvalue weighted by Gasteiger charge is -2.32. The summed E-state index contributed by atoms with van der Waals surface area (Å²) < 4.78 is 30.0. The summed E-state index contributed by atoms with van der Waals surface area (Å²) in [6, 6.07) is 2.33. The second-order valence-electron chi connectivity index (χ2n) is 9.80. The van der Waals surface area contributed by atoms with Crippen molar-refractivity contribution in [3.8, 4) is 11.1 Å². The van der Waals surface area contributed by atoms with Crippen molar-refractivity contribution in [2.24, 2.45) is 13.0 Å². The maximum atomic E-state index is 15.5. The van der Waals surface area contributed by atoms with Gasteiger partial charge >= 0.3 is 5.97 Å². The van der Waals surface area contributed by atoms with E-state index in [0.717, 1.165) is 22.4 Å². The molecule has 5 aromatic rings. The molecule has 196 valence electrons. The van der Waals surface area contributed by atoms with Crippen molar-refractivity contribution in [1.29, 1.82) is 0 Å². The fraction of sp³-hybridized carbons (Fsp3) is 0.370. The SMILES string of the molecule is Cc1noc(C)c1-c1cnc2c3c(c(C(=O)O)nn3C)n([C@@H](c3ncccc3F)C3CCOCC3)c2c1C. The number of nitrogens with zero attached hydrogens (tertiary/aromatic N) is 6. The number of aromatic nitrogens is 6. The minimum Gasteiger partial charge on any atom is -0.476 e. The average Bonchev–Trinajstić information content (AvgIpc) is 3.54. The highest BCUT2D eigenvalue weighted by molar-refractivity contribution is 6.12. The second kappa shape index (κ2) is 9.02. The molecule has 5 aromatic heterocycles. The summed E-state index contributed by atoms with van der Waals surface area (Å²) >= 11 is 0. The first kappa shape index (κ1) is 24.2. The van der Waals surface area contributed by atoms with E-state index in [4.69, 9.17) is 14.2 Å². The maximum absolute atomic E-state index is 15.5. The van der Waals surface area contributed by atoms with E-state index in [1.165, 1.54) is 10.7 Å². The Morgan fingerprint density at radius 3 is 2.58 bits per heavy atom. The van der Waals surface area contributed by atoms with Crippen LogP contribution in [-0.4, -0.2) is 53.8 Å². The smallest absolute Gasteiger partial charge is 0.358 e. The summed E-state index contributed by atoms with van der Waals surface area (Å²) in [5.41, 5.74) is 5.60. The number of hydrogen-bond acceptors (Lipinski definition) is 7. The lowest BCUT2D eigenvalue weighted by molar-refractivity contribution is 0.0541. The Balaban J connectivity index is 1.78. The summed E-state index contributed by atoms with van der Waals surface area (Å²) in [5.74, 6) is -1.03. The van der Waals surface area contributed by atoms with Crippen LogP contribution >= 0.6 is 0 Å². The van der Waals surface area contributed by atoms with E-state index in [2.05, 4.69) is 15.2 Å². The van der Waals surface area contributed by atoms with Crippen molar-refractivity contribution >= 4 is 28.0 Å². The Hall–Kier alpha value is -4.12. The minimum absolute atomic E-state index is 0.0593. The highest BCUT2D eigenvalue weighted by Crippen LogP contribution is 2.44. The fourth-order valence-electron chi connectivity index (χ4n) is 5.92. The zero-order valence-corrected chi connectivity index (χ0v) is 21.5. The Bertz CT molecular complexity index is 1690. The molecule has 0 saturated carbocycles. The molecular formula is C27H27FN6O4. The summed E-state index contributed by atoms with van der Waals surface area (Å²) in [7, 11) is 1.70. The normalized spacial score (nSPS) is 15.5. The molecule has 1 saturated heterocycles. The van der Waals surface area contributed by atoms with Crippen LogP contribution in [0, 0.1) is 32.5 Å². The lowest BCUT2D eigenvalue weighted by Crippen LogP contribution is -2.28. The van der Waals surface area contributed by atoms with Gasteiger partial charge in [-0.15, -0.1) is 0 Å². The summed E-state index contributed by atoms with van der Waals surface area (Å²) in [5, 5.41) is 18.6. The summed E-state index contributed by atoms with van der Waals surface area (Å²) in [4.78, 5) is 21.7. The van der Waals surface area contributed by atoms with Crippen molar-refractivity contribution in [3.63, 3.8) is 0 Å². The number of carboxylic acid groups (broad SMARTS) is 1. The van der Waals surface area contributed by atoms with Gasteiger partial charge in [0.15, 0.2) is 5.69 Å². The van der Waals surface area contributed by atoms with E-state index in [0.29, 0.717) is 53.9 Å². The third-order valence-corrected chi connectivity index (χ3v) is 7.60. The van der Waals surface area contributed by atoms with E-state index in [-0.39, 0.29) is 17.3 Å². The average molecular weight is 519 g/mol. The van der Waals surface area contributed by atoms with Crippen LogP contribution in [0.2, 0.25) is 0 Å². The van der Waals surface area contributed by atoms with Gasteiger partial charge in [0.1, 0.15) is 28.1 Å². The van der Waals surface area contributed by atoms with Crippen LogP contribution in [0.4, 0.5) is 4.39 Å². The number of carboxylic acids is 1. The van der Waals surface area contributed by atoms with E-state index in [9.17, 15) is 9.90 Å². The number of aromatic carboxylic acids is 1. The molecule has 10 nitrogen and oxygen atoms in total. The molecule has 6 rings (SSSR count). The van der Waals surface area contributed by atoms with Gasteiger partial charge in [0.2, 0.25) is 0 Å². The van der Waals surface area contributed by atoms with E-state index in [1.807, 2.05) is 25.3 Å². The molecule has 11 heteroatoms. The summed E-state index contributed by atoms with van der Waals surface area (Å²) in [6.45, 7) is 6.72. The number of ether oxygens (including phenoxy) is 1. The number of rotatable bonds is 5. The molecule has 0 aliphatic carbocycles. The molecule has 1 atom stereocenters. The molecule has 0 spiro atoms. The zero-order valence-electron chi connectivity index (χ0n) is 21.5. The quantitative estimate of drug-likeness (QED) is 0.354. The van der Waals surface area contributed by atoms with Crippen LogP contribution in [0.5, 0.6) is 0 Å². The standard InChI is InChI=1S/C27H27FN6O4/c1-13-17(19-14(2)32-38-15(19)3)12-30-21-23(13)34(26-22(27(35)36)31-33(4)25(21)26)24(16-7-10-37-11-8-16)20-18(28)6-5-9-29-20/h5-6,9,12,16,24H,7-8,10-11H2,1-4H3,(H,35,36)/t24-/m1/s1. The van der Waals surface area contributed by atoms with Crippen LogP contribution in [0.25, 0.3) is 33.2 Å². The predicted octanol–water partition coefficient (Wildman–Crippen LogP) is 4.75. The van der Waals surface area contributed by atoms with Crippen molar-refractivity contribution in [1.82, 2.24) is 29.5 Å². The molecule has 1 aliphatic rings. The lowest BCUT2D eigenvalue weighted by atomic mass is 9.88. The van der Waals surface area contributed by atoms with Gasteiger partial charge in [-0.3, -0.25) is 14.6 Å². The van der Waals surface area contributed by atoms with Gasteiger partial charge in [0.05, 0.1) is 22.9 Å². The fourth-order valence-corrected chi connectivity index (χ4v) is 5.92. The van der Waals surface area contributed by atoms with Gasteiger partial charge in [-0.1, -0.05) is 5.16 Å². The van der Waals surface area contributed by atoms with Crippen molar-refractivity contribution in [2.75, 3.05) is 13.2 Å². The maximum Gasteiger partial charge on any atom is 0.358 e. The van der Waals surface area contributed by atoms with E-state index < -0.39 is 17.8 Å². The van der Waals surface area contributed by atoms with Crippen molar-refractivity contribution < 1.29 is 23.6 Å². The molecule has 0 bridgehead atoms. The van der Waals surface area contributed by atoms with Gasteiger partial charge in [-0.05, 0) is 57.2 Å². The minimum atomic E-state index is -1.17. The van der Waals surface area contributed by atoms with E-state index >= 15 is 4.39 Å². The first-order valence-corrected chi connectivity index (χ1v) is 12.5. The monoisotopic (exact) mass is 518 g/mol. The van der Waals surface area contributed by atoms with Crippen LogP contribution in [0.15, 0.2) is 29.0 Å². The highest BCUT2D eigenvalue weighted by Gasteiger charge is 2.36. The molecule has 1 fully saturated rings. The molecule has 1 aliphatic heterocycles. The number of pyridine rings is 2. The molecular weight excluding hydrogens is 491 g/mol. The van der Waals surface area contributed by atoms with E-state index in [1.54, 1.807) is 25.5 Å². The number of hydrogen-bond donors (Lipinski definition) is 1. The van der Waals surface area contributed by atoms with Crippen LogP contribution in [0.3, 0.4) is 0 Å². The second-order valence-corrected chi connectivity index (χ2v) is 9.80. The van der Waals surface area contributed by atoms with Crippen LogP contribution in [-0.2, 0) is 11.8 Å². The van der Waals surface area contributed by atoms with Gasteiger partial charge in [-0.2, -0.15) is 5.10 Å². The van der Waals surface area contributed by atoms with Crippen LogP contribution in [0.1, 0.15) is 52.1 Å². The predicted molar refractivity (Wildman–Crippen MR) is 137 cm³/mol. The molecule has 38 heavy (non-hydrogen) atoms. The first-order valence-electron chi connectivity index (χ1n) is 12.5. The number of fused-ring (bicyclic) bond motifs is 3.